The van der Waals surface area contributed by atoms with Gasteiger partial charge < -0.3 is 10.1 Å². The summed E-state index contributed by atoms with van der Waals surface area (Å²) in [7, 11) is 3.40. The zero-order valence-electron chi connectivity index (χ0n) is 10.5. The van der Waals surface area contributed by atoms with Crippen LogP contribution in [0.3, 0.4) is 0 Å². The van der Waals surface area contributed by atoms with E-state index >= 15 is 0 Å². The average Bonchev–Trinajstić information content (AvgIpc) is 2.35. The molecule has 0 heterocycles. The number of allylic oxidation sites excluding steroid dienone is 1. The first-order chi connectivity index (χ1) is 8.24. The molecule has 2 nitrogen and oxygen atoms in total. The highest BCUT2D eigenvalue weighted by molar-refractivity contribution is 5.37. The van der Waals surface area contributed by atoms with Gasteiger partial charge in [0.15, 0.2) is 0 Å². The Bertz CT molecular complexity index is 365. The molecule has 0 fully saturated rings. The molecule has 0 aromatic heterocycles. The van der Waals surface area contributed by atoms with E-state index in [9.17, 15) is 4.39 Å². The van der Waals surface area contributed by atoms with E-state index in [-0.39, 0.29) is 11.9 Å². The molecule has 3 heteroatoms. The highest BCUT2D eigenvalue weighted by atomic mass is 19.1. The molecule has 0 aliphatic heterocycles. The fourth-order valence-corrected chi connectivity index (χ4v) is 1.93. The summed E-state index contributed by atoms with van der Waals surface area (Å²) in [5.74, 6) is 0.380. The quantitative estimate of drug-likeness (QED) is 0.579. The summed E-state index contributed by atoms with van der Waals surface area (Å²) in [5.41, 5.74) is 0.613. The number of halogens is 1. The lowest BCUT2D eigenvalue weighted by atomic mass is 9.99. The second kappa shape index (κ2) is 7.07. The molecule has 1 N–H and O–H groups in total. The minimum Gasteiger partial charge on any atom is -0.496 e. The Morgan fingerprint density at radius 1 is 1.53 bits per heavy atom. The minimum atomic E-state index is -0.220. The molecule has 1 aromatic rings. The van der Waals surface area contributed by atoms with Crippen molar-refractivity contribution in [2.24, 2.45) is 0 Å². The van der Waals surface area contributed by atoms with Gasteiger partial charge in [-0.3, -0.25) is 0 Å². The van der Waals surface area contributed by atoms with Crippen molar-refractivity contribution in [3.63, 3.8) is 0 Å². The van der Waals surface area contributed by atoms with E-state index in [4.69, 9.17) is 4.74 Å². The largest absolute Gasteiger partial charge is 0.496 e. The van der Waals surface area contributed by atoms with Crippen LogP contribution in [0, 0.1) is 5.82 Å². The lowest BCUT2D eigenvalue weighted by Gasteiger charge is -2.19. The van der Waals surface area contributed by atoms with Crippen molar-refractivity contribution in [3.8, 4) is 5.75 Å². The summed E-state index contributed by atoms with van der Waals surface area (Å²) in [6.07, 6.45) is 4.66. The standard InChI is InChI=1S/C14H20FNO/c1-4-5-6-9-12(16-2)14-11(15)8-7-10-13(14)17-3/h4,7-8,10,12,16H,1,5-6,9H2,2-3H3. The number of hydrogen-bond acceptors (Lipinski definition) is 2. The molecular formula is C14H20FNO. The van der Waals surface area contributed by atoms with Crippen molar-refractivity contribution >= 4 is 0 Å². The minimum absolute atomic E-state index is 0.0221. The number of benzene rings is 1. The van der Waals surface area contributed by atoms with Crippen molar-refractivity contribution in [2.75, 3.05) is 14.2 Å². The zero-order valence-corrected chi connectivity index (χ0v) is 10.5. The van der Waals surface area contributed by atoms with E-state index in [0.717, 1.165) is 19.3 Å². The van der Waals surface area contributed by atoms with Gasteiger partial charge >= 0.3 is 0 Å². The molecule has 0 aliphatic carbocycles. The van der Waals surface area contributed by atoms with Crippen LogP contribution in [0.15, 0.2) is 30.9 Å². The zero-order chi connectivity index (χ0) is 12.7. The van der Waals surface area contributed by atoms with Crippen LogP contribution >= 0.6 is 0 Å². The molecular weight excluding hydrogens is 217 g/mol. The molecule has 1 atom stereocenters. The Hall–Kier alpha value is -1.35. The van der Waals surface area contributed by atoms with Crippen molar-refractivity contribution in [3.05, 3.63) is 42.2 Å². The Balaban J connectivity index is 2.89. The van der Waals surface area contributed by atoms with Gasteiger partial charge in [-0.05, 0) is 38.4 Å². The van der Waals surface area contributed by atoms with Crippen molar-refractivity contribution in [1.82, 2.24) is 5.32 Å². The summed E-state index contributed by atoms with van der Waals surface area (Å²) in [6.45, 7) is 3.69. The van der Waals surface area contributed by atoms with Crippen LogP contribution in [0.5, 0.6) is 5.75 Å². The van der Waals surface area contributed by atoms with E-state index in [1.54, 1.807) is 19.2 Å². The van der Waals surface area contributed by atoms with Crippen molar-refractivity contribution in [2.45, 2.75) is 25.3 Å². The number of methoxy groups -OCH3 is 1. The van der Waals surface area contributed by atoms with Crippen LogP contribution in [-0.4, -0.2) is 14.2 Å². The van der Waals surface area contributed by atoms with Gasteiger partial charge in [0.05, 0.1) is 7.11 Å². The lowest BCUT2D eigenvalue weighted by molar-refractivity contribution is 0.388. The molecule has 94 valence electrons. The monoisotopic (exact) mass is 237 g/mol. The SMILES string of the molecule is C=CCCCC(NC)c1c(F)cccc1OC. The van der Waals surface area contributed by atoms with Crippen LogP contribution in [0.1, 0.15) is 30.9 Å². The summed E-state index contributed by atoms with van der Waals surface area (Å²) >= 11 is 0. The van der Waals surface area contributed by atoms with Gasteiger partial charge in [-0.15, -0.1) is 6.58 Å². The maximum absolute atomic E-state index is 13.8. The molecule has 0 aliphatic rings. The number of rotatable bonds is 7. The predicted molar refractivity (Wildman–Crippen MR) is 68.8 cm³/mol. The molecule has 1 aromatic carbocycles. The van der Waals surface area contributed by atoms with Crippen LogP contribution in [0.4, 0.5) is 4.39 Å². The average molecular weight is 237 g/mol. The predicted octanol–water partition coefficient (Wildman–Crippen LogP) is 3.45. The Kier molecular flexibility index (Phi) is 5.70. The topological polar surface area (TPSA) is 21.3 Å². The number of nitrogens with one attached hydrogen (secondary N) is 1. The van der Waals surface area contributed by atoms with Gasteiger partial charge in [0.25, 0.3) is 0 Å². The summed E-state index contributed by atoms with van der Waals surface area (Å²) in [6, 6.07) is 4.89. The number of ether oxygens (including phenoxy) is 1. The van der Waals surface area contributed by atoms with Crippen LogP contribution in [0.2, 0.25) is 0 Å². The molecule has 0 saturated heterocycles. The Morgan fingerprint density at radius 3 is 2.88 bits per heavy atom. The first kappa shape index (κ1) is 13.7. The maximum atomic E-state index is 13.8. The van der Waals surface area contributed by atoms with Gasteiger partial charge in [0.1, 0.15) is 11.6 Å². The molecule has 1 unspecified atom stereocenters. The van der Waals surface area contributed by atoms with E-state index < -0.39 is 0 Å². The highest BCUT2D eigenvalue weighted by Gasteiger charge is 2.18. The lowest BCUT2D eigenvalue weighted by Crippen LogP contribution is -2.18. The molecule has 1 rings (SSSR count). The number of unbranched alkanes of at least 4 members (excludes halogenated alkanes) is 1. The molecule has 0 bridgehead atoms. The molecule has 0 amide bonds. The maximum Gasteiger partial charge on any atom is 0.131 e. The Labute approximate surface area is 102 Å². The van der Waals surface area contributed by atoms with Gasteiger partial charge in [-0.25, -0.2) is 4.39 Å². The van der Waals surface area contributed by atoms with E-state index in [1.807, 2.05) is 13.1 Å². The summed E-state index contributed by atoms with van der Waals surface area (Å²) < 4.78 is 19.1. The highest BCUT2D eigenvalue weighted by Crippen LogP contribution is 2.30. The second-order valence-corrected chi connectivity index (χ2v) is 3.92. The third kappa shape index (κ3) is 3.56. The molecule has 0 saturated carbocycles. The van der Waals surface area contributed by atoms with Crippen LogP contribution in [-0.2, 0) is 0 Å². The normalized spacial score (nSPS) is 12.2. The Morgan fingerprint density at radius 2 is 2.29 bits per heavy atom. The first-order valence-corrected chi connectivity index (χ1v) is 5.85. The first-order valence-electron chi connectivity index (χ1n) is 5.85. The summed E-state index contributed by atoms with van der Waals surface area (Å²) in [4.78, 5) is 0. The van der Waals surface area contributed by atoms with Gasteiger partial charge in [0, 0.05) is 11.6 Å². The summed E-state index contributed by atoms with van der Waals surface area (Å²) in [5, 5.41) is 3.14. The van der Waals surface area contributed by atoms with E-state index in [1.165, 1.54) is 6.07 Å². The fourth-order valence-electron chi connectivity index (χ4n) is 1.93. The van der Waals surface area contributed by atoms with Crippen LogP contribution in [0.25, 0.3) is 0 Å². The third-order valence-corrected chi connectivity index (χ3v) is 2.83. The van der Waals surface area contributed by atoms with Crippen molar-refractivity contribution in [1.29, 1.82) is 0 Å². The smallest absolute Gasteiger partial charge is 0.131 e. The third-order valence-electron chi connectivity index (χ3n) is 2.83. The van der Waals surface area contributed by atoms with E-state index in [0.29, 0.717) is 11.3 Å². The molecule has 0 radical (unpaired) electrons. The van der Waals surface area contributed by atoms with Crippen molar-refractivity contribution < 1.29 is 9.13 Å². The molecule has 0 spiro atoms. The molecule has 17 heavy (non-hydrogen) atoms. The number of hydrogen-bond donors (Lipinski definition) is 1. The van der Waals surface area contributed by atoms with Crippen LogP contribution < -0.4 is 10.1 Å². The van der Waals surface area contributed by atoms with Gasteiger partial charge in [-0.2, -0.15) is 0 Å². The fraction of sp³-hybridized carbons (Fsp3) is 0.429. The van der Waals surface area contributed by atoms with Gasteiger partial charge in [0.2, 0.25) is 0 Å². The van der Waals surface area contributed by atoms with E-state index in [2.05, 4.69) is 11.9 Å². The second-order valence-electron chi connectivity index (χ2n) is 3.92. The van der Waals surface area contributed by atoms with Gasteiger partial charge in [-0.1, -0.05) is 12.1 Å².